The number of anilines is 1. The van der Waals surface area contributed by atoms with Crippen LogP contribution in [-0.2, 0) is 9.59 Å². The molecule has 33 heavy (non-hydrogen) atoms. The van der Waals surface area contributed by atoms with Gasteiger partial charge in [0, 0.05) is 17.2 Å². The first-order chi connectivity index (χ1) is 15.9. The van der Waals surface area contributed by atoms with Crippen molar-refractivity contribution in [3.63, 3.8) is 0 Å². The summed E-state index contributed by atoms with van der Waals surface area (Å²) in [7, 11) is 4.44. The average Bonchev–Trinajstić information content (AvgIpc) is 3.38. The van der Waals surface area contributed by atoms with Gasteiger partial charge >= 0.3 is 5.91 Å². The number of rotatable bonds is 6. The first-order valence-corrected chi connectivity index (χ1v) is 10.0. The predicted molar refractivity (Wildman–Crippen MR) is 119 cm³/mol. The maximum Gasteiger partial charge on any atom is 0.301 e. The molecule has 0 radical (unpaired) electrons. The highest BCUT2D eigenvalue weighted by molar-refractivity contribution is 6.51. The normalized spacial score (nSPS) is 17.3. The topological polar surface area (TPSA) is 111 Å². The average molecular weight is 450 g/mol. The fourth-order valence-corrected chi connectivity index (χ4v) is 3.86. The lowest BCUT2D eigenvalue weighted by Gasteiger charge is -2.24. The Kier molecular flexibility index (Phi) is 5.78. The van der Waals surface area contributed by atoms with Crippen molar-refractivity contribution < 1.29 is 33.4 Å². The smallest absolute Gasteiger partial charge is 0.301 e. The third kappa shape index (κ3) is 3.67. The van der Waals surface area contributed by atoms with Crippen molar-refractivity contribution in [3.8, 4) is 17.2 Å². The van der Waals surface area contributed by atoms with Crippen LogP contribution in [0.1, 0.15) is 22.9 Å². The monoisotopic (exact) mass is 450 g/mol. The van der Waals surface area contributed by atoms with E-state index in [-0.39, 0.29) is 22.7 Å². The van der Waals surface area contributed by atoms with Crippen molar-refractivity contribution in [2.75, 3.05) is 26.2 Å². The lowest BCUT2D eigenvalue weighted by Crippen LogP contribution is -2.29. The second-order valence-corrected chi connectivity index (χ2v) is 7.28. The molecule has 9 heteroatoms. The van der Waals surface area contributed by atoms with Crippen molar-refractivity contribution in [1.29, 1.82) is 0 Å². The van der Waals surface area contributed by atoms with E-state index < -0.39 is 17.7 Å². The Bertz CT molecular complexity index is 1260. The van der Waals surface area contributed by atoms with Gasteiger partial charge in [-0.05, 0) is 31.2 Å². The standard InChI is InChI=1S/C24H22N2O7/c1-13-11-19(25-33-13)26-21(15-7-5-6-8-16(15)30-2)20(23(28)24(26)29)22(27)14-9-10-17(31-3)18(12-14)32-4/h5-12,21,27H,1-4H3. The van der Waals surface area contributed by atoms with E-state index in [1.807, 2.05) is 0 Å². The number of amides is 1. The van der Waals surface area contributed by atoms with Crippen LogP contribution in [0.4, 0.5) is 5.82 Å². The molecule has 0 saturated carbocycles. The lowest BCUT2D eigenvalue weighted by atomic mass is 9.94. The Hall–Kier alpha value is -4.27. The number of carbonyl (C=O) groups excluding carboxylic acids is 2. The van der Waals surface area contributed by atoms with Crippen LogP contribution in [0.2, 0.25) is 0 Å². The minimum atomic E-state index is -1.00. The minimum Gasteiger partial charge on any atom is -0.507 e. The Labute approximate surface area is 189 Å². The van der Waals surface area contributed by atoms with Gasteiger partial charge in [-0.25, -0.2) is 0 Å². The summed E-state index contributed by atoms with van der Waals surface area (Å²) in [6.07, 6.45) is 0. The summed E-state index contributed by atoms with van der Waals surface area (Å²) in [5.41, 5.74) is 0.668. The third-order valence-corrected chi connectivity index (χ3v) is 5.40. The van der Waals surface area contributed by atoms with Gasteiger partial charge in [-0.3, -0.25) is 14.5 Å². The zero-order valence-electron chi connectivity index (χ0n) is 18.5. The van der Waals surface area contributed by atoms with E-state index in [0.29, 0.717) is 28.6 Å². The van der Waals surface area contributed by atoms with E-state index in [2.05, 4.69) is 5.16 Å². The molecule has 1 amide bonds. The number of aliphatic hydroxyl groups is 1. The number of hydrogen-bond donors (Lipinski definition) is 1. The molecule has 170 valence electrons. The van der Waals surface area contributed by atoms with Gasteiger partial charge in [0.05, 0.1) is 26.9 Å². The Morgan fingerprint density at radius 1 is 0.970 bits per heavy atom. The Morgan fingerprint density at radius 2 is 1.67 bits per heavy atom. The maximum absolute atomic E-state index is 13.2. The summed E-state index contributed by atoms with van der Waals surface area (Å²) in [6.45, 7) is 1.68. The second kappa shape index (κ2) is 8.70. The summed E-state index contributed by atoms with van der Waals surface area (Å²) < 4.78 is 21.2. The molecule has 1 aliphatic heterocycles. The molecule has 0 bridgehead atoms. The molecule has 1 saturated heterocycles. The van der Waals surface area contributed by atoms with Crippen LogP contribution in [0.5, 0.6) is 17.2 Å². The summed E-state index contributed by atoms with van der Waals surface area (Å²) in [6, 6.07) is 12.2. The number of aliphatic hydroxyl groups excluding tert-OH is 1. The highest BCUT2D eigenvalue weighted by Crippen LogP contribution is 2.45. The van der Waals surface area contributed by atoms with E-state index in [4.69, 9.17) is 18.7 Å². The first-order valence-electron chi connectivity index (χ1n) is 10.0. The number of benzene rings is 2. The van der Waals surface area contributed by atoms with Gasteiger partial charge in [0.25, 0.3) is 5.78 Å². The predicted octanol–water partition coefficient (Wildman–Crippen LogP) is 3.64. The fourth-order valence-electron chi connectivity index (χ4n) is 3.86. The molecule has 3 aromatic rings. The summed E-state index contributed by atoms with van der Waals surface area (Å²) in [5.74, 6) is -0.214. The van der Waals surface area contributed by atoms with Gasteiger partial charge < -0.3 is 23.8 Å². The van der Waals surface area contributed by atoms with Crippen molar-refractivity contribution in [2.24, 2.45) is 0 Å². The Balaban J connectivity index is 1.97. The van der Waals surface area contributed by atoms with E-state index in [0.717, 1.165) is 0 Å². The molecular weight excluding hydrogens is 428 g/mol. The largest absolute Gasteiger partial charge is 0.507 e. The van der Waals surface area contributed by atoms with Gasteiger partial charge in [-0.1, -0.05) is 23.4 Å². The van der Waals surface area contributed by atoms with Gasteiger partial charge in [0.2, 0.25) is 0 Å². The molecule has 1 aliphatic rings. The van der Waals surface area contributed by atoms with Crippen LogP contribution in [0.15, 0.2) is 58.6 Å². The van der Waals surface area contributed by atoms with Gasteiger partial charge in [-0.15, -0.1) is 0 Å². The number of para-hydroxylation sites is 1. The van der Waals surface area contributed by atoms with E-state index >= 15 is 0 Å². The minimum absolute atomic E-state index is 0.114. The van der Waals surface area contributed by atoms with Crippen LogP contribution in [-0.4, -0.2) is 43.3 Å². The number of ether oxygens (including phenoxy) is 3. The van der Waals surface area contributed by atoms with Gasteiger partial charge in [0.1, 0.15) is 23.3 Å². The number of ketones is 1. The van der Waals surface area contributed by atoms with Crippen molar-refractivity contribution in [1.82, 2.24) is 5.16 Å². The van der Waals surface area contributed by atoms with Gasteiger partial charge in [0.15, 0.2) is 17.3 Å². The number of Topliss-reactive ketones (excluding diaryl/α,β-unsaturated/α-hetero) is 1. The van der Waals surface area contributed by atoms with E-state index in [1.165, 1.54) is 32.3 Å². The molecule has 1 aromatic heterocycles. The SMILES string of the molecule is COc1ccc(C(O)=C2C(=O)C(=O)N(c3cc(C)on3)C2c2ccccc2OC)cc1OC. The third-order valence-electron chi connectivity index (χ3n) is 5.40. The molecule has 1 N–H and O–H groups in total. The number of carbonyl (C=O) groups is 2. The summed E-state index contributed by atoms with van der Waals surface area (Å²) in [5, 5.41) is 15.2. The number of aromatic nitrogens is 1. The molecule has 2 heterocycles. The van der Waals surface area contributed by atoms with Crippen LogP contribution < -0.4 is 19.1 Å². The number of nitrogens with zero attached hydrogens (tertiary/aromatic N) is 2. The molecule has 9 nitrogen and oxygen atoms in total. The zero-order valence-corrected chi connectivity index (χ0v) is 18.5. The quantitative estimate of drug-likeness (QED) is 0.344. The van der Waals surface area contributed by atoms with Crippen molar-refractivity contribution >= 4 is 23.3 Å². The molecule has 0 spiro atoms. The lowest BCUT2D eigenvalue weighted by molar-refractivity contribution is -0.132. The molecular formula is C24H22N2O7. The molecule has 1 unspecified atom stereocenters. The summed E-state index contributed by atoms with van der Waals surface area (Å²) >= 11 is 0. The van der Waals surface area contributed by atoms with Crippen molar-refractivity contribution in [3.05, 3.63) is 71.0 Å². The second-order valence-electron chi connectivity index (χ2n) is 7.28. The Morgan fingerprint density at radius 3 is 2.30 bits per heavy atom. The molecule has 0 aliphatic carbocycles. The number of methoxy groups -OCH3 is 3. The van der Waals surface area contributed by atoms with Crippen LogP contribution in [0, 0.1) is 6.92 Å². The number of hydrogen-bond acceptors (Lipinski definition) is 8. The van der Waals surface area contributed by atoms with E-state index in [1.54, 1.807) is 49.4 Å². The van der Waals surface area contributed by atoms with E-state index in [9.17, 15) is 14.7 Å². The molecule has 1 atom stereocenters. The molecule has 1 fully saturated rings. The molecule has 4 rings (SSSR count). The van der Waals surface area contributed by atoms with Gasteiger partial charge in [-0.2, -0.15) is 0 Å². The van der Waals surface area contributed by atoms with Crippen LogP contribution in [0.25, 0.3) is 5.76 Å². The highest BCUT2D eigenvalue weighted by atomic mass is 16.5. The fraction of sp³-hybridized carbons (Fsp3) is 0.208. The zero-order chi connectivity index (χ0) is 23.7. The van der Waals surface area contributed by atoms with Crippen LogP contribution >= 0.6 is 0 Å². The maximum atomic E-state index is 13.2. The highest BCUT2D eigenvalue weighted by Gasteiger charge is 2.49. The first kappa shape index (κ1) is 21.9. The molecule has 2 aromatic carbocycles. The van der Waals surface area contributed by atoms with Crippen molar-refractivity contribution in [2.45, 2.75) is 13.0 Å². The number of aryl methyl sites for hydroxylation is 1. The van der Waals surface area contributed by atoms with Crippen LogP contribution in [0.3, 0.4) is 0 Å². The summed E-state index contributed by atoms with van der Waals surface area (Å²) in [4.78, 5) is 27.5.